The number of carbonyl (C=O) groups is 1. The fourth-order valence-electron chi connectivity index (χ4n) is 3.51. The molecule has 5 nitrogen and oxygen atoms in total. The van der Waals surface area contributed by atoms with Crippen LogP contribution in [-0.4, -0.2) is 29.6 Å². The predicted octanol–water partition coefficient (Wildman–Crippen LogP) is 6.06. The summed E-state index contributed by atoms with van der Waals surface area (Å²) in [5.74, 6) is 0.629. The molecule has 174 valence electrons. The van der Waals surface area contributed by atoms with Crippen LogP contribution in [0.5, 0.6) is 11.5 Å². The van der Waals surface area contributed by atoms with Crippen LogP contribution in [0.25, 0.3) is 6.08 Å². The molecule has 1 heterocycles. The van der Waals surface area contributed by atoms with Crippen molar-refractivity contribution in [1.29, 1.82) is 0 Å². The topological polar surface area (TPSA) is 42.0 Å². The largest absolute Gasteiger partial charge is 0.494 e. The number of benzene rings is 3. The van der Waals surface area contributed by atoms with E-state index in [-0.39, 0.29) is 18.3 Å². The maximum atomic E-state index is 13.4. The predicted molar refractivity (Wildman–Crippen MR) is 136 cm³/mol. The quantitative estimate of drug-likeness (QED) is 0.294. The molecule has 0 atom stereocenters. The van der Waals surface area contributed by atoms with E-state index in [0.717, 1.165) is 11.3 Å². The number of ether oxygens (including phenoxy) is 2. The number of amides is 1. The third-order valence-electron chi connectivity index (χ3n) is 5.21. The number of likely N-dealkylation sites (N-methyl/N-ethyl adjacent to an activating group) is 1. The number of hydrogen-bond donors (Lipinski definition) is 0. The van der Waals surface area contributed by atoms with Crippen molar-refractivity contribution in [1.82, 2.24) is 4.90 Å². The van der Waals surface area contributed by atoms with Gasteiger partial charge in [0.15, 0.2) is 5.11 Å². The molecule has 34 heavy (non-hydrogen) atoms. The molecule has 3 aromatic rings. The molecule has 0 unspecified atom stereocenters. The first-order valence-electron chi connectivity index (χ1n) is 10.6. The molecule has 1 aliphatic heterocycles. The van der Waals surface area contributed by atoms with Crippen LogP contribution in [0.1, 0.15) is 18.1 Å². The van der Waals surface area contributed by atoms with E-state index in [1.54, 1.807) is 72.6 Å². The number of nitrogens with zero attached hydrogens (tertiary/aromatic N) is 2. The second kappa shape index (κ2) is 10.2. The van der Waals surface area contributed by atoms with Crippen LogP contribution in [0.3, 0.4) is 0 Å². The van der Waals surface area contributed by atoms with Crippen molar-refractivity contribution in [2.24, 2.45) is 0 Å². The molecular formula is C26H22ClFN2O3S. The van der Waals surface area contributed by atoms with E-state index in [2.05, 4.69) is 0 Å². The lowest BCUT2D eigenvalue weighted by Gasteiger charge is -2.16. The normalized spacial score (nSPS) is 14.8. The van der Waals surface area contributed by atoms with Crippen molar-refractivity contribution in [3.8, 4) is 11.5 Å². The molecule has 4 rings (SSSR count). The molecular weight excluding hydrogens is 475 g/mol. The Morgan fingerprint density at radius 3 is 2.50 bits per heavy atom. The molecule has 0 N–H and O–H groups in total. The van der Waals surface area contributed by atoms with Crippen molar-refractivity contribution in [3.63, 3.8) is 0 Å². The number of carbonyl (C=O) groups excluding carboxylic acids is 1. The zero-order valence-electron chi connectivity index (χ0n) is 18.6. The molecule has 1 fully saturated rings. The number of rotatable bonds is 7. The molecule has 1 amide bonds. The first kappa shape index (κ1) is 23.7. The van der Waals surface area contributed by atoms with Gasteiger partial charge in [0.1, 0.15) is 29.6 Å². The Labute approximate surface area is 208 Å². The molecule has 0 aliphatic carbocycles. The van der Waals surface area contributed by atoms with E-state index in [4.69, 9.17) is 33.3 Å². The summed E-state index contributed by atoms with van der Waals surface area (Å²) in [7, 11) is 1.75. The molecule has 3 aromatic carbocycles. The van der Waals surface area contributed by atoms with E-state index in [1.165, 1.54) is 17.0 Å². The molecule has 8 heteroatoms. The van der Waals surface area contributed by atoms with Gasteiger partial charge in [-0.05, 0) is 84.9 Å². The van der Waals surface area contributed by atoms with Crippen molar-refractivity contribution in [2.45, 2.75) is 13.5 Å². The Morgan fingerprint density at radius 2 is 1.82 bits per heavy atom. The van der Waals surface area contributed by atoms with Gasteiger partial charge in [-0.1, -0.05) is 29.8 Å². The van der Waals surface area contributed by atoms with Crippen LogP contribution in [0.15, 0.2) is 72.4 Å². The van der Waals surface area contributed by atoms with Crippen molar-refractivity contribution in [2.75, 3.05) is 18.6 Å². The molecule has 1 aliphatic rings. The summed E-state index contributed by atoms with van der Waals surface area (Å²) in [6.45, 7) is 2.66. The summed E-state index contributed by atoms with van der Waals surface area (Å²) in [4.78, 5) is 16.3. The molecule has 0 aromatic heterocycles. The summed E-state index contributed by atoms with van der Waals surface area (Å²) >= 11 is 11.9. The monoisotopic (exact) mass is 496 g/mol. The Hall–Kier alpha value is -3.42. The first-order chi connectivity index (χ1) is 16.4. The summed E-state index contributed by atoms with van der Waals surface area (Å²) in [5.41, 5.74) is 2.49. The zero-order chi connectivity index (χ0) is 24.2. The second-order valence-corrected chi connectivity index (χ2v) is 8.32. The molecule has 1 saturated heterocycles. The van der Waals surface area contributed by atoms with Crippen LogP contribution < -0.4 is 14.4 Å². The summed E-state index contributed by atoms with van der Waals surface area (Å²) in [6, 6.07) is 18.6. The standard InChI is InChI=1S/C26H22ClFN2O3S/c1-3-32-21-10-8-20(9-11-21)30-25(31)23(29(2)26(30)34)15-17-7-12-24(22(27)14-17)33-16-18-5-4-6-19(28)13-18/h4-15H,3,16H2,1-2H3/b23-15-. The second-order valence-electron chi connectivity index (χ2n) is 7.55. The summed E-state index contributed by atoms with van der Waals surface area (Å²) < 4.78 is 24.6. The Bertz CT molecular complexity index is 1260. The van der Waals surface area contributed by atoms with Crippen molar-refractivity contribution in [3.05, 3.63) is 94.4 Å². The minimum absolute atomic E-state index is 0.185. The van der Waals surface area contributed by atoms with Crippen LogP contribution in [0, 0.1) is 5.82 Å². The van der Waals surface area contributed by atoms with Gasteiger partial charge in [0.05, 0.1) is 17.3 Å². The van der Waals surface area contributed by atoms with Gasteiger partial charge in [-0.15, -0.1) is 0 Å². The lowest BCUT2D eigenvalue weighted by atomic mass is 10.1. The average Bonchev–Trinajstić information content (AvgIpc) is 3.02. The van der Waals surface area contributed by atoms with E-state index in [1.807, 2.05) is 6.92 Å². The van der Waals surface area contributed by atoms with Gasteiger partial charge in [0, 0.05) is 7.05 Å². The Balaban J connectivity index is 1.52. The van der Waals surface area contributed by atoms with Crippen LogP contribution >= 0.6 is 23.8 Å². The number of anilines is 1. The average molecular weight is 497 g/mol. The van der Waals surface area contributed by atoms with Crippen LogP contribution in [-0.2, 0) is 11.4 Å². The van der Waals surface area contributed by atoms with E-state index in [9.17, 15) is 9.18 Å². The fourth-order valence-corrected chi connectivity index (χ4v) is 4.04. The van der Waals surface area contributed by atoms with Crippen LogP contribution in [0.4, 0.5) is 10.1 Å². The van der Waals surface area contributed by atoms with E-state index in [0.29, 0.717) is 39.4 Å². The molecule has 0 radical (unpaired) electrons. The van der Waals surface area contributed by atoms with Crippen molar-refractivity contribution < 1.29 is 18.7 Å². The van der Waals surface area contributed by atoms with Gasteiger partial charge in [0.2, 0.25) is 0 Å². The number of thiocarbonyl (C=S) groups is 1. The molecule has 0 spiro atoms. The van der Waals surface area contributed by atoms with E-state index >= 15 is 0 Å². The first-order valence-corrected chi connectivity index (χ1v) is 11.4. The highest BCUT2D eigenvalue weighted by molar-refractivity contribution is 7.80. The minimum atomic E-state index is -0.322. The maximum Gasteiger partial charge on any atom is 0.281 e. The lowest BCUT2D eigenvalue weighted by Crippen LogP contribution is -2.31. The molecule has 0 saturated carbocycles. The van der Waals surface area contributed by atoms with Gasteiger partial charge in [-0.2, -0.15) is 0 Å². The number of hydrogen-bond acceptors (Lipinski definition) is 4. The zero-order valence-corrected chi connectivity index (χ0v) is 20.2. The Morgan fingerprint density at radius 1 is 1.06 bits per heavy atom. The summed E-state index contributed by atoms with van der Waals surface area (Å²) in [6.07, 6.45) is 1.73. The summed E-state index contributed by atoms with van der Waals surface area (Å²) in [5, 5.41) is 0.756. The van der Waals surface area contributed by atoms with Gasteiger partial charge in [-0.25, -0.2) is 4.39 Å². The highest BCUT2D eigenvalue weighted by Gasteiger charge is 2.36. The van der Waals surface area contributed by atoms with Gasteiger partial charge < -0.3 is 14.4 Å². The van der Waals surface area contributed by atoms with Gasteiger partial charge in [0.25, 0.3) is 5.91 Å². The third kappa shape index (κ3) is 5.05. The Kier molecular flexibility index (Phi) is 7.14. The van der Waals surface area contributed by atoms with Crippen molar-refractivity contribution >= 4 is 46.6 Å². The van der Waals surface area contributed by atoms with Crippen LogP contribution in [0.2, 0.25) is 5.02 Å². The number of halogens is 2. The lowest BCUT2D eigenvalue weighted by molar-refractivity contribution is -0.114. The minimum Gasteiger partial charge on any atom is -0.494 e. The van der Waals surface area contributed by atoms with E-state index < -0.39 is 0 Å². The SMILES string of the molecule is CCOc1ccc(N2C(=O)/C(=C/c3ccc(OCc4cccc(F)c4)c(Cl)c3)N(C)C2=S)cc1. The maximum absolute atomic E-state index is 13.4. The highest BCUT2D eigenvalue weighted by Crippen LogP contribution is 2.31. The highest BCUT2D eigenvalue weighted by atomic mass is 35.5. The fraction of sp³-hybridized carbons (Fsp3) is 0.154. The smallest absolute Gasteiger partial charge is 0.281 e. The van der Waals surface area contributed by atoms with Gasteiger partial charge >= 0.3 is 0 Å². The third-order valence-corrected chi connectivity index (χ3v) is 5.96. The van der Waals surface area contributed by atoms with Gasteiger partial charge in [-0.3, -0.25) is 9.69 Å². The molecule has 0 bridgehead atoms.